The zero-order valence-electron chi connectivity index (χ0n) is 18.4. The van der Waals surface area contributed by atoms with Crippen molar-refractivity contribution in [2.24, 2.45) is 0 Å². The van der Waals surface area contributed by atoms with Gasteiger partial charge in [-0.1, -0.05) is 17.7 Å². The normalized spacial score (nSPS) is 19.2. The molecule has 1 saturated heterocycles. The number of halogens is 1. The van der Waals surface area contributed by atoms with Crippen molar-refractivity contribution in [3.8, 4) is 5.69 Å². The molecule has 3 N–H and O–H groups in total. The van der Waals surface area contributed by atoms with E-state index in [1.54, 1.807) is 20.8 Å². The minimum atomic E-state index is -0.00405. The van der Waals surface area contributed by atoms with Crippen LogP contribution in [0.5, 0.6) is 0 Å². The molecule has 0 radical (unpaired) electrons. The van der Waals surface area contributed by atoms with Crippen LogP contribution < -0.4 is 20.7 Å². The van der Waals surface area contributed by atoms with Crippen LogP contribution in [0.15, 0.2) is 29.1 Å². The van der Waals surface area contributed by atoms with Gasteiger partial charge in [-0.25, -0.2) is 9.55 Å². The van der Waals surface area contributed by atoms with Gasteiger partial charge >= 0.3 is 0 Å². The van der Waals surface area contributed by atoms with Gasteiger partial charge in [0.2, 0.25) is 5.95 Å². The maximum Gasteiger partial charge on any atom is 0.268 e. The lowest BCUT2D eigenvalue weighted by Gasteiger charge is -2.23. The number of likely N-dealkylation sites (N-methyl/N-ethyl adjacent to an activating group) is 1. The fourth-order valence-corrected chi connectivity index (χ4v) is 6.19. The molecule has 5 rings (SSSR count). The quantitative estimate of drug-likeness (QED) is 0.451. The molecule has 0 saturated carbocycles. The molecule has 0 bridgehead atoms. The van der Waals surface area contributed by atoms with E-state index >= 15 is 0 Å². The van der Waals surface area contributed by atoms with E-state index in [2.05, 4.69) is 12.4 Å². The molecule has 32 heavy (non-hydrogen) atoms. The number of hydrogen-bond donors (Lipinski definition) is 3. The number of quaternary nitrogens is 2. The second-order valence-corrected chi connectivity index (χ2v) is 10.3. The summed E-state index contributed by atoms with van der Waals surface area (Å²) in [5, 5.41) is 4.84. The number of aromatic nitrogens is 2. The second-order valence-electron chi connectivity index (χ2n) is 8.77. The first kappa shape index (κ1) is 21.9. The Morgan fingerprint density at radius 1 is 1.28 bits per heavy atom. The van der Waals surface area contributed by atoms with E-state index in [-0.39, 0.29) is 5.56 Å². The SMILES string of the molecule is C[NH+]1CCc2c(sc3nc(NCCC[NH+]4CCOCC4)n(-c4cccc(Cl)c4)c(=O)c23)C1. The van der Waals surface area contributed by atoms with Gasteiger partial charge < -0.3 is 19.9 Å². The Hall–Kier alpha value is -1.97. The smallest absolute Gasteiger partial charge is 0.268 e. The monoisotopic (exact) mass is 475 g/mol. The summed E-state index contributed by atoms with van der Waals surface area (Å²) in [5.41, 5.74) is 1.93. The number of nitrogens with one attached hydrogen (secondary N) is 3. The Labute approximate surface area is 196 Å². The van der Waals surface area contributed by atoms with Gasteiger partial charge in [-0.3, -0.25) is 4.79 Å². The summed E-state index contributed by atoms with van der Waals surface area (Å²) in [6.45, 7) is 7.66. The maximum absolute atomic E-state index is 13.8. The zero-order chi connectivity index (χ0) is 22.1. The van der Waals surface area contributed by atoms with Crippen molar-refractivity contribution in [1.82, 2.24) is 9.55 Å². The van der Waals surface area contributed by atoms with Crippen LogP contribution in [0, 0.1) is 0 Å². The summed E-state index contributed by atoms with van der Waals surface area (Å²) >= 11 is 7.94. The highest BCUT2D eigenvalue weighted by Gasteiger charge is 2.26. The van der Waals surface area contributed by atoms with Crippen molar-refractivity contribution in [1.29, 1.82) is 0 Å². The first-order valence-electron chi connectivity index (χ1n) is 11.4. The third-order valence-electron chi connectivity index (χ3n) is 6.43. The molecular weight excluding hydrogens is 446 g/mol. The number of ether oxygens (including phenoxy) is 1. The summed E-state index contributed by atoms with van der Waals surface area (Å²) < 4.78 is 7.15. The Kier molecular flexibility index (Phi) is 6.48. The van der Waals surface area contributed by atoms with Crippen molar-refractivity contribution in [3.63, 3.8) is 0 Å². The lowest BCUT2D eigenvalue weighted by molar-refractivity contribution is -0.908. The minimum absolute atomic E-state index is 0.00405. The molecule has 1 fully saturated rings. The van der Waals surface area contributed by atoms with Crippen LogP contribution in [0.1, 0.15) is 16.9 Å². The number of anilines is 1. The van der Waals surface area contributed by atoms with Crippen LogP contribution in [0.25, 0.3) is 15.9 Å². The minimum Gasteiger partial charge on any atom is -0.370 e. The third-order valence-corrected chi connectivity index (χ3v) is 7.79. The van der Waals surface area contributed by atoms with Crippen LogP contribution in [0.2, 0.25) is 5.02 Å². The molecule has 4 heterocycles. The number of rotatable bonds is 6. The van der Waals surface area contributed by atoms with Crippen molar-refractivity contribution < 1.29 is 14.5 Å². The summed E-state index contributed by atoms with van der Waals surface area (Å²) in [6.07, 6.45) is 1.93. The number of thiophene rings is 1. The highest BCUT2D eigenvalue weighted by molar-refractivity contribution is 7.18. The van der Waals surface area contributed by atoms with E-state index < -0.39 is 0 Å². The molecule has 1 unspecified atom stereocenters. The molecule has 0 aliphatic carbocycles. The standard InChI is InChI=1S/C23H28ClN5O2S/c1-27-9-6-18-19(15-27)32-21-20(18)22(30)29(17-5-2-4-16(24)14-17)23(26-21)25-7-3-8-28-10-12-31-13-11-28/h2,4-5,14H,3,6-13,15H2,1H3,(H,25,26)/p+2. The summed E-state index contributed by atoms with van der Waals surface area (Å²) in [4.78, 5) is 23.9. The maximum atomic E-state index is 13.8. The van der Waals surface area contributed by atoms with E-state index in [4.69, 9.17) is 21.3 Å². The molecule has 2 aliphatic rings. The van der Waals surface area contributed by atoms with E-state index in [0.29, 0.717) is 11.0 Å². The molecule has 170 valence electrons. The summed E-state index contributed by atoms with van der Waals surface area (Å²) in [5.74, 6) is 0.598. The van der Waals surface area contributed by atoms with Crippen LogP contribution in [-0.2, 0) is 17.7 Å². The molecule has 1 aromatic carbocycles. The van der Waals surface area contributed by atoms with E-state index in [1.807, 2.05) is 24.3 Å². The van der Waals surface area contributed by atoms with E-state index in [1.165, 1.54) is 15.3 Å². The van der Waals surface area contributed by atoms with Gasteiger partial charge in [-0.15, -0.1) is 11.3 Å². The van der Waals surface area contributed by atoms with Crippen molar-refractivity contribution >= 4 is 39.1 Å². The summed E-state index contributed by atoms with van der Waals surface area (Å²) in [6, 6.07) is 7.45. The van der Waals surface area contributed by atoms with E-state index in [9.17, 15) is 4.79 Å². The lowest BCUT2D eigenvalue weighted by Crippen LogP contribution is -3.14. The average molecular weight is 476 g/mol. The number of hydrogen-bond acceptors (Lipinski definition) is 5. The number of benzene rings is 1. The van der Waals surface area contributed by atoms with Gasteiger partial charge in [0.15, 0.2) is 0 Å². The van der Waals surface area contributed by atoms with Crippen molar-refractivity contribution in [3.05, 3.63) is 50.1 Å². The lowest BCUT2D eigenvalue weighted by atomic mass is 10.1. The summed E-state index contributed by atoms with van der Waals surface area (Å²) in [7, 11) is 2.20. The first-order chi connectivity index (χ1) is 15.6. The van der Waals surface area contributed by atoms with Gasteiger partial charge in [0.05, 0.1) is 49.3 Å². The predicted octanol–water partition coefficient (Wildman–Crippen LogP) is 0.389. The Balaban J connectivity index is 1.48. The molecule has 7 nitrogen and oxygen atoms in total. The number of nitrogens with zero attached hydrogens (tertiary/aromatic N) is 2. The van der Waals surface area contributed by atoms with Gasteiger partial charge in [0, 0.05) is 24.4 Å². The van der Waals surface area contributed by atoms with Crippen LogP contribution in [-0.4, -0.2) is 62.5 Å². The first-order valence-corrected chi connectivity index (χ1v) is 12.6. The Morgan fingerprint density at radius 3 is 2.94 bits per heavy atom. The molecule has 1 atom stereocenters. The fraction of sp³-hybridized carbons (Fsp3) is 0.478. The van der Waals surface area contributed by atoms with Gasteiger partial charge in [-0.05, 0) is 23.8 Å². The van der Waals surface area contributed by atoms with Crippen LogP contribution in [0.3, 0.4) is 0 Å². The third kappa shape index (κ3) is 4.43. The van der Waals surface area contributed by atoms with Crippen LogP contribution >= 0.6 is 22.9 Å². The number of morpholine rings is 1. The average Bonchev–Trinajstić information content (AvgIpc) is 3.15. The predicted molar refractivity (Wildman–Crippen MR) is 129 cm³/mol. The van der Waals surface area contributed by atoms with E-state index in [0.717, 1.165) is 81.2 Å². The largest absolute Gasteiger partial charge is 0.370 e. The highest BCUT2D eigenvalue weighted by Crippen LogP contribution is 2.31. The van der Waals surface area contributed by atoms with Gasteiger partial charge in [-0.2, -0.15) is 0 Å². The Morgan fingerprint density at radius 2 is 2.12 bits per heavy atom. The topological polar surface area (TPSA) is 65.0 Å². The highest BCUT2D eigenvalue weighted by atomic mass is 35.5. The second kappa shape index (κ2) is 9.49. The molecule has 2 aromatic heterocycles. The van der Waals surface area contributed by atoms with Gasteiger partial charge in [0.25, 0.3) is 5.56 Å². The molecule has 3 aromatic rings. The molecule has 0 spiro atoms. The molecule has 9 heteroatoms. The van der Waals surface area contributed by atoms with Gasteiger partial charge in [0.1, 0.15) is 24.5 Å². The molecular formula is C23H30ClN5O2S+2. The molecule has 2 aliphatic heterocycles. The van der Waals surface area contributed by atoms with Crippen molar-refractivity contribution in [2.75, 3.05) is 58.3 Å². The molecule has 0 amide bonds. The Bertz CT molecular complexity index is 1170. The fourth-order valence-electron chi connectivity index (χ4n) is 4.68. The van der Waals surface area contributed by atoms with Crippen LogP contribution in [0.4, 0.5) is 5.95 Å². The zero-order valence-corrected chi connectivity index (χ0v) is 20.0. The number of fused-ring (bicyclic) bond motifs is 3. The van der Waals surface area contributed by atoms with Crippen molar-refractivity contribution in [2.45, 2.75) is 19.4 Å².